The number of carboxylic acids is 2. The van der Waals surface area contributed by atoms with Crippen molar-refractivity contribution in [3.8, 4) is 11.5 Å². The quantitative estimate of drug-likeness (QED) is 0.0977. The van der Waals surface area contributed by atoms with E-state index in [4.69, 9.17) is 9.47 Å². The van der Waals surface area contributed by atoms with Gasteiger partial charge in [-0.2, -0.15) is 0 Å². The standard InChI is InChI=1S/C46H40N4O8/c51-41(49(29-31-21-25-47-26-22-31)43(33-13-5-1-6-14-33)57-35-17-9-3-10-18-35)37-38(40(46(55)56)39(37)45(53)54)42(52)50(30-32-23-27-48-28-24-32)44(34-15-7-2-8-16-34)58-36-19-11-4-12-20-36/h1-28,37-40,43-44H,29-30H2,(H,53,54)(H,55,56). The van der Waals surface area contributed by atoms with Crippen molar-refractivity contribution in [2.45, 2.75) is 25.5 Å². The van der Waals surface area contributed by atoms with E-state index in [1.807, 2.05) is 24.3 Å². The Labute approximate surface area is 335 Å². The fourth-order valence-electron chi connectivity index (χ4n) is 7.40. The highest BCUT2D eigenvalue weighted by atomic mass is 16.5. The molecule has 0 radical (unpaired) electrons. The number of aliphatic carboxylic acids is 2. The van der Waals surface area contributed by atoms with Crippen molar-refractivity contribution in [1.29, 1.82) is 0 Å². The molecule has 58 heavy (non-hydrogen) atoms. The minimum atomic E-state index is -1.75. The van der Waals surface area contributed by atoms with Gasteiger partial charge in [-0.05, 0) is 59.7 Å². The van der Waals surface area contributed by atoms with Crippen LogP contribution in [0, 0.1) is 23.7 Å². The first kappa shape index (κ1) is 38.9. The minimum Gasteiger partial charge on any atom is -0.481 e. The molecule has 0 bridgehead atoms. The molecule has 12 heteroatoms. The van der Waals surface area contributed by atoms with Crippen LogP contribution in [0.2, 0.25) is 0 Å². The number of rotatable bonds is 16. The number of carboxylic acid groups (broad SMARTS) is 2. The number of para-hydroxylation sites is 2. The molecule has 7 rings (SSSR count). The van der Waals surface area contributed by atoms with E-state index in [1.54, 1.807) is 146 Å². The Morgan fingerprint density at radius 1 is 0.466 bits per heavy atom. The third-order valence-corrected chi connectivity index (χ3v) is 10.2. The minimum absolute atomic E-state index is 0.0836. The fraction of sp³-hybridized carbons (Fsp3) is 0.174. The van der Waals surface area contributed by atoms with Gasteiger partial charge in [0.2, 0.25) is 24.3 Å². The number of benzene rings is 4. The number of amides is 2. The summed E-state index contributed by atoms with van der Waals surface area (Å²) in [5, 5.41) is 21.3. The van der Waals surface area contributed by atoms with Gasteiger partial charge in [-0.25, -0.2) is 0 Å². The van der Waals surface area contributed by atoms with Gasteiger partial charge < -0.3 is 19.7 Å². The van der Waals surface area contributed by atoms with Gasteiger partial charge in [0.25, 0.3) is 0 Å². The van der Waals surface area contributed by atoms with Gasteiger partial charge in [-0.1, -0.05) is 97.1 Å². The Morgan fingerprint density at radius 3 is 1.09 bits per heavy atom. The first-order chi connectivity index (χ1) is 28.3. The monoisotopic (exact) mass is 776 g/mol. The Hall–Kier alpha value is -7.34. The molecule has 6 unspecified atom stereocenters. The van der Waals surface area contributed by atoms with Gasteiger partial charge in [0.15, 0.2) is 0 Å². The third kappa shape index (κ3) is 8.71. The van der Waals surface area contributed by atoms with E-state index >= 15 is 9.59 Å². The zero-order valence-corrected chi connectivity index (χ0v) is 31.2. The Balaban J connectivity index is 1.36. The molecule has 1 aliphatic rings. The van der Waals surface area contributed by atoms with E-state index in [9.17, 15) is 19.8 Å². The molecule has 4 aromatic carbocycles. The third-order valence-electron chi connectivity index (χ3n) is 10.2. The van der Waals surface area contributed by atoms with E-state index in [-0.39, 0.29) is 13.1 Å². The summed E-state index contributed by atoms with van der Waals surface area (Å²) in [4.78, 5) is 68.0. The molecule has 0 aliphatic heterocycles. The first-order valence-corrected chi connectivity index (χ1v) is 18.7. The number of hydrogen-bond acceptors (Lipinski definition) is 8. The molecule has 0 saturated heterocycles. The second kappa shape index (κ2) is 18.1. The van der Waals surface area contributed by atoms with Crippen LogP contribution >= 0.6 is 0 Å². The highest BCUT2D eigenvalue weighted by molar-refractivity contribution is 6.00. The van der Waals surface area contributed by atoms with Crippen LogP contribution in [0.25, 0.3) is 0 Å². The van der Waals surface area contributed by atoms with E-state index < -0.39 is 59.9 Å². The lowest BCUT2D eigenvalue weighted by atomic mass is 9.55. The average molecular weight is 777 g/mol. The predicted molar refractivity (Wildman–Crippen MR) is 211 cm³/mol. The largest absolute Gasteiger partial charge is 0.481 e. The molecule has 2 N–H and O–H groups in total. The highest BCUT2D eigenvalue weighted by Crippen LogP contribution is 2.50. The molecule has 2 aromatic heterocycles. The Kier molecular flexibility index (Phi) is 12.1. The molecule has 0 spiro atoms. The van der Waals surface area contributed by atoms with Gasteiger partial charge >= 0.3 is 11.9 Å². The van der Waals surface area contributed by atoms with E-state index in [1.165, 1.54) is 9.80 Å². The molecule has 6 aromatic rings. The molecule has 6 atom stereocenters. The molecule has 1 fully saturated rings. The predicted octanol–water partition coefficient (Wildman–Crippen LogP) is 7.04. The average Bonchev–Trinajstić information content (AvgIpc) is 3.24. The van der Waals surface area contributed by atoms with E-state index in [2.05, 4.69) is 9.97 Å². The smallest absolute Gasteiger partial charge is 0.308 e. The maximum absolute atomic E-state index is 15.4. The molecule has 1 saturated carbocycles. The lowest BCUT2D eigenvalue weighted by Crippen LogP contribution is -2.64. The van der Waals surface area contributed by atoms with Crippen molar-refractivity contribution in [3.05, 3.63) is 193 Å². The molecular weight excluding hydrogens is 737 g/mol. The second-order valence-corrected chi connectivity index (χ2v) is 13.8. The molecule has 292 valence electrons. The summed E-state index contributed by atoms with van der Waals surface area (Å²) in [6.07, 6.45) is 4.03. The van der Waals surface area contributed by atoms with E-state index in [0.717, 1.165) is 0 Å². The van der Waals surface area contributed by atoms with Crippen LogP contribution in [0.5, 0.6) is 11.5 Å². The molecular formula is C46H40N4O8. The van der Waals surface area contributed by atoms with Crippen molar-refractivity contribution < 1.29 is 38.9 Å². The fourth-order valence-corrected chi connectivity index (χ4v) is 7.40. The van der Waals surface area contributed by atoms with Gasteiger partial charge in [0.05, 0.1) is 23.7 Å². The van der Waals surface area contributed by atoms with Crippen molar-refractivity contribution >= 4 is 23.8 Å². The first-order valence-electron chi connectivity index (χ1n) is 18.7. The van der Waals surface area contributed by atoms with Crippen LogP contribution < -0.4 is 9.47 Å². The lowest BCUT2D eigenvalue weighted by molar-refractivity contribution is -0.193. The topological polar surface area (TPSA) is 159 Å². The second-order valence-electron chi connectivity index (χ2n) is 13.8. The highest BCUT2D eigenvalue weighted by Gasteiger charge is 2.65. The zero-order valence-electron chi connectivity index (χ0n) is 31.2. The number of nitrogens with zero attached hydrogens (tertiary/aromatic N) is 4. The number of hydrogen-bond donors (Lipinski definition) is 2. The lowest BCUT2D eigenvalue weighted by Gasteiger charge is -2.49. The maximum atomic E-state index is 15.4. The number of ether oxygens (including phenoxy) is 2. The summed E-state index contributed by atoms with van der Waals surface area (Å²) in [6, 6.07) is 42.4. The Morgan fingerprint density at radius 2 is 0.776 bits per heavy atom. The van der Waals surface area contributed by atoms with Crippen LogP contribution in [-0.4, -0.2) is 53.7 Å². The van der Waals surface area contributed by atoms with Crippen molar-refractivity contribution in [3.63, 3.8) is 0 Å². The zero-order chi connectivity index (χ0) is 40.4. The summed E-state index contributed by atoms with van der Waals surface area (Å²) in [7, 11) is 0. The summed E-state index contributed by atoms with van der Waals surface area (Å²) < 4.78 is 13.1. The summed E-state index contributed by atoms with van der Waals surface area (Å²) >= 11 is 0. The van der Waals surface area contributed by atoms with Crippen molar-refractivity contribution in [1.82, 2.24) is 19.8 Å². The van der Waals surface area contributed by atoms with Gasteiger partial charge in [0.1, 0.15) is 11.5 Å². The SMILES string of the molecule is O=C(O)C1C(C(=O)O)C(C(=O)N(Cc2ccncc2)C(Oc2ccccc2)c2ccccc2)C1C(=O)N(Cc1ccncc1)C(Oc1ccccc1)c1ccccc1. The normalized spacial score (nSPS) is 18.1. The molecule has 2 heterocycles. The summed E-state index contributed by atoms with van der Waals surface area (Å²) in [6.45, 7) is -0.167. The molecule has 2 amide bonds. The van der Waals surface area contributed by atoms with Crippen molar-refractivity contribution in [2.75, 3.05) is 0 Å². The van der Waals surface area contributed by atoms with Crippen LogP contribution in [0.4, 0.5) is 0 Å². The van der Waals surface area contributed by atoms with Crippen LogP contribution in [-0.2, 0) is 32.3 Å². The number of aromatic nitrogens is 2. The maximum Gasteiger partial charge on any atom is 0.308 e. The Bertz CT molecular complexity index is 2120. The van der Waals surface area contributed by atoms with Crippen LogP contribution in [0.3, 0.4) is 0 Å². The summed E-state index contributed by atoms with van der Waals surface area (Å²) in [5.41, 5.74) is 2.42. The van der Waals surface area contributed by atoms with Crippen molar-refractivity contribution in [2.24, 2.45) is 23.7 Å². The number of carbonyl (C=O) groups is 4. The van der Waals surface area contributed by atoms with Gasteiger partial charge in [-0.15, -0.1) is 0 Å². The van der Waals surface area contributed by atoms with Crippen LogP contribution in [0.15, 0.2) is 170 Å². The number of carbonyl (C=O) groups excluding carboxylic acids is 2. The molecule has 12 nitrogen and oxygen atoms in total. The molecule has 1 aliphatic carbocycles. The van der Waals surface area contributed by atoms with Gasteiger partial charge in [-0.3, -0.25) is 38.9 Å². The van der Waals surface area contributed by atoms with E-state index in [0.29, 0.717) is 33.8 Å². The van der Waals surface area contributed by atoms with Crippen LogP contribution in [0.1, 0.15) is 34.7 Å². The summed E-state index contributed by atoms with van der Waals surface area (Å²) in [5.74, 6) is -10.5. The number of pyridine rings is 2. The van der Waals surface area contributed by atoms with Gasteiger partial charge in [0, 0.05) is 49.0 Å².